The summed E-state index contributed by atoms with van der Waals surface area (Å²) >= 11 is 0. The maximum Gasteiger partial charge on any atom is 0.417 e. The van der Waals surface area contributed by atoms with Gasteiger partial charge in [-0.2, -0.15) is 13.2 Å². The van der Waals surface area contributed by atoms with E-state index in [4.69, 9.17) is 4.74 Å². The molecule has 0 aliphatic heterocycles. The fourth-order valence-corrected chi connectivity index (χ4v) is 1.88. The van der Waals surface area contributed by atoms with Gasteiger partial charge in [-0.15, -0.1) is 0 Å². The van der Waals surface area contributed by atoms with Crippen molar-refractivity contribution in [3.05, 3.63) is 53.7 Å². The SMILES string of the molecule is CC(C)OC(=O)c1ccccc1-c1ccc(C(F)(F)F)cn1. The normalized spacial score (nSPS) is 11.5. The summed E-state index contributed by atoms with van der Waals surface area (Å²) in [5, 5.41) is 0. The summed E-state index contributed by atoms with van der Waals surface area (Å²) in [4.78, 5) is 15.9. The van der Waals surface area contributed by atoms with Crippen LogP contribution >= 0.6 is 0 Å². The fraction of sp³-hybridized carbons (Fsp3) is 0.250. The lowest BCUT2D eigenvalue weighted by atomic mass is 10.0. The van der Waals surface area contributed by atoms with E-state index in [0.717, 1.165) is 12.3 Å². The topological polar surface area (TPSA) is 39.2 Å². The van der Waals surface area contributed by atoms with Gasteiger partial charge in [0.1, 0.15) is 0 Å². The molecule has 0 aliphatic carbocycles. The van der Waals surface area contributed by atoms with Gasteiger partial charge in [-0.3, -0.25) is 4.98 Å². The Morgan fingerprint density at radius 1 is 1.14 bits per heavy atom. The van der Waals surface area contributed by atoms with E-state index in [9.17, 15) is 18.0 Å². The second-order valence-corrected chi connectivity index (χ2v) is 4.93. The molecule has 1 aromatic heterocycles. The first-order valence-corrected chi connectivity index (χ1v) is 6.62. The third-order valence-electron chi connectivity index (χ3n) is 2.86. The Hall–Kier alpha value is -2.37. The zero-order valence-corrected chi connectivity index (χ0v) is 12.0. The Morgan fingerprint density at radius 3 is 2.36 bits per heavy atom. The van der Waals surface area contributed by atoms with Crippen molar-refractivity contribution in [2.24, 2.45) is 0 Å². The molecule has 1 aromatic carbocycles. The molecule has 0 unspecified atom stereocenters. The quantitative estimate of drug-likeness (QED) is 0.792. The minimum Gasteiger partial charge on any atom is -0.459 e. The lowest BCUT2D eigenvalue weighted by molar-refractivity contribution is -0.137. The average molecular weight is 309 g/mol. The number of hydrogen-bond acceptors (Lipinski definition) is 3. The van der Waals surface area contributed by atoms with Gasteiger partial charge in [-0.1, -0.05) is 18.2 Å². The van der Waals surface area contributed by atoms with Crippen LogP contribution in [0.25, 0.3) is 11.3 Å². The molecule has 0 radical (unpaired) electrons. The Labute approximate surface area is 125 Å². The van der Waals surface area contributed by atoms with Gasteiger partial charge in [-0.05, 0) is 32.0 Å². The Morgan fingerprint density at radius 2 is 1.82 bits per heavy atom. The van der Waals surface area contributed by atoms with Gasteiger partial charge in [0, 0.05) is 11.8 Å². The number of halogens is 3. The standard InChI is InChI=1S/C16H14F3NO2/c1-10(2)22-15(21)13-6-4-3-5-12(13)14-8-7-11(9-20-14)16(17,18)19/h3-10H,1-2H3. The highest BCUT2D eigenvalue weighted by Gasteiger charge is 2.30. The third kappa shape index (κ3) is 3.63. The van der Waals surface area contributed by atoms with E-state index in [1.54, 1.807) is 38.1 Å². The van der Waals surface area contributed by atoms with Gasteiger partial charge >= 0.3 is 12.1 Å². The van der Waals surface area contributed by atoms with Gasteiger partial charge in [0.2, 0.25) is 0 Å². The third-order valence-corrected chi connectivity index (χ3v) is 2.86. The van der Waals surface area contributed by atoms with Crippen LogP contribution in [0.15, 0.2) is 42.6 Å². The summed E-state index contributed by atoms with van der Waals surface area (Å²) in [5.74, 6) is -0.535. The highest BCUT2D eigenvalue weighted by atomic mass is 19.4. The van der Waals surface area contributed by atoms with E-state index in [2.05, 4.69) is 4.98 Å². The van der Waals surface area contributed by atoms with Crippen LogP contribution in [0.1, 0.15) is 29.8 Å². The number of esters is 1. The number of carbonyl (C=O) groups is 1. The number of carbonyl (C=O) groups excluding carboxylic acids is 1. The highest BCUT2D eigenvalue weighted by molar-refractivity contribution is 5.96. The maximum absolute atomic E-state index is 12.6. The second kappa shape index (κ2) is 6.17. The number of hydrogen-bond donors (Lipinski definition) is 0. The number of nitrogens with zero attached hydrogens (tertiary/aromatic N) is 1. The summed E-state index contributed by atoms with van der Waals surface area (Å²) in [5.41, 5.74) is 0.146. The predicted octanol–water partition coefficient (Wildman–Crippen LogP) is 4.33. The molecule has 6 heteroatoms. The minimum absolute atomic E-state index is 0.267. The lowest BCUT2D eigenvalue weighted by Gasteiger charge is -2.12. The number of pyridine rings is 1. The molecule has 1 heterocycles. The Balaban J connectivity index is 2.39. The number of alkyl halides is 3. The van der Waals surface area contributed by atoms with Crippen molar-refractivity contribution in [1.29, 1.82) is 0 Å². The van der Waals surface area contributed by atoms with E-state index in [-0.39, 0.29) is 17.4 Å². The van der Waals surface area contributed by atoms with Crippen LogP contribution in [0.3, 0.4) is 0 Å². The summed E-state index contributed by atoms with van der Waals surface area (Å²) in [6, 6.07) is 8.69. The monoisotopic (exact) mass is 309 g/mol. The fourth-order valence-electron chi connectivity index (χ4n) is 1.88. The van der Waals surface area contributed by atoms with Crippen LogP contribution in [0.4, 0.5) is 13.2 Å². The van der Waals surface area contributed by atoms with E-state index in [1.165, 1.54) is 6.07 Å². The Kier molecular flexibility index (Phi) is 4.49. The van der Waals surface area contributed by atoms with Crippen LogP contribution in [-0.4, -0.2) is 17.1 Å². The molecule has 0 saturated carbocycles. The van der Waals surface area contributed by atoms with Crippen molar-refractivity contribution in [1.82, 2.24) is 4.98 Å². The number of benzene rings is 1. The highest BCUT2D eigenvalue weighted by Crippen LogP contribution is 2.30. The van der Waals surface area contributed by atoms with Gasteiger partial charge < -0.3 is 4.74 Å². The van der Waals surface area contributed by atoms with Crippen LogP contribution in [0.5, 0.6) is 0 Å². The van der Waals surface area contributed by atoms with Crippen molar-refractivity contribution in [3.8, 4) is 11.3 Å². The van der Waals surface area contributed by atoms with Crippen LogP contribution < -0.4 is 0 Å². The molecule has 0 amide bonds. The number of rotatable bonds is 3. The van der Waals surface area contributed by atoms with E-state index in [0.29, 0.717) is 5.56 Å². The molecular weight excluding hydrogens is 295 g/mol. The van der Waals surface area contributed by atoms with Crippen molar-refractivity contribution >= 4 is 5.97 Å². The molecule has 0 saturated heterocycles. The molecular formula is C16H14F3NO2. The largest absolute Gasteiger partial charge is 0.459 e. The molecule has 0 fully saturated rings. The molecule has 2 aromatic rings. The molecule has 0 N–H and O–H groups in total. The first kappa shape index (κ1) is 16.0. The molecule has 3 nitrogen and oxygen atoms in total. The van der Waals surface area contributed by atoms with Crippen molar-refractivity contribution < 1.29 is 22.7 Å². The van der Waals surface area contributed by atoms with Crippen LogP contribution in [0, 0.1) is 0 Å². The molecule has 116 valence electrons. The second-order valence-electron chi connectivity index (χ2n) is 4.93. The summed E-state index contributed by atoms with van der Waals surface area (Å²) in [7, 11) is 0. The smallest absolute Gasteiger partial charge is 0.417 e. The molecule has 0 aliphatic rings. The maximum atomic E-state index is 12.6. The van der Waals surface area contributed by atoms with Crippen molar-refractivity contribution in [3.63, 3.8) is 0 Å². The zero-order chi connectivity index (χ0) is 16.3. The Bertz CT molecular complexity index is 664. The molecule has 0 atom stereocenters. The van der Waals surface area contributed by atoms with Gasteiger partial charge in [-0.25, -0.2) is 4.79 Å². The number of ether oxygens (including phenoxy) is 1. The van der Waals surface area contributed by atoms with Crippen LogP contribution in [0.2, 0.25) is 0 Å². The minimum atomic E-state index is -4.44. The summed E-state index contributed by atoms with van der Waals surface area (Å²) in [6.45, 7) is 3.44. The summed E-state index contributed by atoms with van der Waals surface area (Å²) in [6.07, 6.45) is -3.98. The molecule has 0 spiro atoms. The van der Waals surface area contributed by atoms with E-state index < -0.39 is 17.7 Å². The molecule has 2 rings (SSSR count). The molecule has 22 heavy (non-hydrogen) atoms. The van der Waals surface area contributed by atoms with E-state index >= 15 is 0 Å². The first-order valence-electron chi connectivity index (χ1n) is 6.62. The zero-order valence-electron chi connectivity index (χ0n) is 12.0. The average Bonchev–Trinajstić information content (AvgIpc) is 2.46. The predicted molar refractivity (Wildman–Crippen MR) is 75.2 cm³/mol. The van der Waals surface area contributed by atoms with Crippen LogP contribution in [-0.2, 0) is 10.9 Å². The number of aromatic nitrogens is 1. The van der Waals surface area contributed by atoms with Gasteiger partial charge in [0.05, 0.1) is 22.9 Å². The van der Waals surface area contributed by atoms with E-state index in [1.807, 2.05) is 0 Å². The summed E-state index contributed by atoms with van der Waals surface area (Å²) < 4.78 is 42.8. The lowest BCUT2D eigenvalue weighted by Crippen LogP contribution is -2.13. The van der Waals surface area contributed by atoms with Crippen molar-refractivity contribution in [2.45, 2.75) is 26.1 Å². The van der Waals surface area contributed by atoms with Crippen molar-refractivity contribution in [2.75, 3.05) is 0 Å². The molecule has 0 bridgehead atoms. The first-order chi connectivity index (χ1) is 10.3. The van der Waals surface area contributed by atoms with Gasteiger partial charge in [0.25, 0.3) is 0 Å². The van der Waals surface area contributed by atoms with Gasteiger partial charge in [0.15, 0.2) is 0 Å².